The summed E-state index contributed by atoms with van der Waals surface area (Å²) < 4.78 is 5.10. The third-order valence-corrected chi connectivity index (χ3v) is 2.15. The second-order valence-corrected chi connectivity index (χ2v) is 3.35. The maximum absolute atomic E-state index is 9.49. The first kappa shape index (κ1) is 10.9. The van der Waals surface area contributed by atoms with Gasteiger partial charge in [-0.05, 0) is 24.3 Å². The van der Waals surface area contributed by atoms with Gasteiger partial charge in [0.25, 0.3) is 0 Å². The Morgan fingerprint density at radius 1 is 0.588 bits per heavy atom. The predicted octanol–water partition coefficient (Wildman–Crippen LogP) is 2.30. The molecule has 0 saturated heterocycles. The van der Waals surface area contributed by atoms with Gasteiger partial charge in [0.05, 0.1) is 0 Å². The van der Waals surface area contributed by atoms with Crippen LogP contribution in [0, 0.1) is 0 Å². The van der Waals surface area contributed by atoms with E-state index >= 15 is 0 Å². The highest BCUT2D eigenvalue weighted by molar-refractivity contribution is 5.56. The van der Waals surface area contributed by atoms with Crippen molar-refractivity contribution in [2.75, 3.05) is 0 Å². The monoisotopic (exact) mass is 234 g/mol. The van der Waals surface area contributed by atoms with E-state index in [4.69, 9.17) is 4.74 Å². The molecule has 5 nitrogen and oxygen atoms in total. The summed E-state index contributed by atoms with van der Waals surface area (Å²) in [4.78, 5) is 0. The Hall–Kier alpha value is -2.56. The molecular weight excluding hydrogens is 224 g/mol. The lowest BCUT2D eigenvalue weighted by Gasteiger charge is -2.11. The Morgan fingerprint density at radius 2 is 0.882 bits per heavy atom. The summed E-state index contributed by atoms with van der Waals surface area (Å²) in [5, 5.41) is 37.9. The van der Waals surface area contributed by atoms with Gasteiger partial charge in [0.2, 0.25) is 11.5 Å². The van der Waals surface area contributed by atoms with Gasteiger partial charge in [-0.1, -0.05) is 12.1 Å². The predicted molar refractivity (Wildman–Crippen MR) is 59.6 cm³/mol. The van der Waals surface area contributed by atoms with Crippen LogP contribution in [0.15, 0.2) is 36.4 Å². The first-order chi connectivity index (χ1) is 8.09. The molecule has 0 radical (unpaired) electrons. The van der Waals surface area contributed by atoms with Gasteiger partial charge in [0.1, 0.15) is 0 Å². The van der Waals surface area contributed by atoms with Crippen molar-refractivity contribution in [1.29, 1.82) is 0 Å². The van der Waals surface area contributed by atoms with E-state index in [-0.39, 0.29) is 34.5 Å². The fourth-order valence-electron chi connectivity index (χ4n) is 1.34. The van der Waals surface area contributed by atoms with Crippen molar-refractivity contribution in [3.05, 3.63) is 36.4 Å². The van der Waals surface area contributed by atoms with E-state index in [1.807, 2.05) is 0 Å². The van der Waals surface area contributed by atoms with Crippen molar-refractivity contribution >= 4 is 0 Å². The van der Waals surface area contributed by atoms with E-state index in [0.29, 0.717) is 0 Å². The summed E-state index contributed by atoms with van der Waals surface area (Å²) in [5.74, 6) is -1.66. The summed E-state index contributed by atoms with van der Waals surface area (Å²) in [7, 11) is 0. The highest BCUT2D eigenvalue weighted by atomic mass is 16.5. The fourth-order valence-corrected chi connectivity index (χ4v) is 1.34. The molecular formula is C12H10O5. The first-order valence-corrected chi connectivity index (χ1v) is 4.79. The maximum atomic E-state index is 9.49. The number of aromatic hydroxyl groups is 4. The zero-order valence-electron chi connectivity index (χ0n) is 8.66. The third kappa shape index (κ3) is 2.03. The second kappa shape index (κ2) is 4.13. The molecule has 5 heteroatoms. The fraction of sp³-hybridized carbons (Fsp3) is 0. The molecule has 0 bridgehead atoms. The molecule has 0 heterocycles. The molecule has 2 aromatic rings. The highest BCUT2D eigenvalue weighted by Gasteiger charge is 2.14. The quantitative estimate of drug-likeness (QED) is 0.640. The van der Waals surface area contributed by atoms with Crippen LogP contribution < -0.4 is 4.74 Å². The Morgan fingerprint density at radius 3 is 1.18 bits per heavy atom. The van der Waals surface area contributed by atoms with Gasteiger partial charge in [-0.25, -0.2) is 0 Å². The maximum Gasteiger partial charge on any atom is 0.210 e. The smallest absolute Gasteiger partial charge is 0.210 e. The summed E-state index contributed by atoms with van der Waals surface area (Å²) in [6.07, 6.45) is 0. The van der Waals surface area contributed by atoms with Gasteiger partial charge < -0.3 is 25.2 Å². The summed E-state index contributed by atoms with van der Waals surface area (Å²) >= 11 is 0. The molecule has 0 unspecified atom stereocenters. The minimum Gasteiger partial charge on any atom is -0.504 e. The number of hydrogen-bond acceptors (Lipinski definition) is 5. The molecule has 0 aromatic heterocycles. The van der Waals surface area contributed by atoms with E-state index in [2.05, 4.69) is 0 Å². The largest absolute Gasteiger partial charge is 0.504 e. The lowest BCUT2D eigenvalue weighted by Crippen LogP contribution is -1.87. The van der Waals surface area contributed by atoms with Crippen LogP contribution in [0.5, 0.6) is 34.5 Å². The molecule has 0 saturated carbocycles. The van der Waals surface area contributed by atoms with Crippen molar-refractivity contribution in [3.8, 4) is 34.5 Å². The lowest BCUT2D eigenvalue weighted by molar-refractivity contribution is 0.342. The van der Waals surface area contributed by atoms with Crippen molar-refractivity contribution in [2.45, 2.75) is 0 Å². The Labute approximate surface area is 96.8 Å². The minimum absolute atomic E-state index is 0.232. The Bertz CT molecular complexity index is 461. The molecule has 2 aromatic carbocycles. The number of hydrogen-bond donors (Lipinski definition) is 4. The van der Waals surface area contributed by atoms with Gasteiger partial charge in [-0.15, -0.1) is 0 Å². The minimum atomic E-state index is -0.298. The molecule has 17 heavy (non-hydrogen) atoms. The second-order valence-electron chi connectivity index (χ2n) is 3.35. The average Bonchev–Trinajstić information content (AvgIpc) is 2.27. The average molecular weight is 234 g/mol. The number of para-hydroxylation sites is 2. The molecule has 4 N–H and O–H groups in total. The number of phenolic OH excluding ortho intramolecular Hbond substituents is 4. The molecule has 0 aliphatic carbocycles. The molecule has 88 valence electrons. The zero-order chi connectivity index (χ0) is 12.4. The van der Waals surface area contributed by atoms with Crippen molar-refractivity contribution in [1.82, 2.24) is 0 Å². The van der Waals surface area contributed by atoms with E-state index in [0.717, 1.165) is 0 Å². The van der Waals surface area contributed by atoms with Gasteiger partial charge in [0, 0.05) is 0 Å². The van der Waals surface area contributed by atoms with Crippen LogP contribution in [0.1, 0.15) is 0 Å². The SMILES string of the molecule is Oc1cccc(O)c1Oc1c(O)cccc1O. The zero-order valence-corrected chi connectivity index (χ0v) is 8.66. The van der Waals surface area contributed by atoms with Crippen LogP contribution in [0.4, 0.5) is 0 Å². The van der Waals surface area contributed by atoms with Gasteiger partial charge in [-0.2, -0.15) is 0 Å². The number of ether oxygens (including phenoxy) is 1. The normalized spacial score (nSPS) is 10.1. The van der Waals surface area contributed by atoms with Crippen LogP contribution in [-0.2, 0) is 0 Å². The van der Waals surface area contributed by atoms with E-state index in [1.54, 1.807) is 0 Å². The summed E-state index contributed by atoms with van der Waals surface area (Å²) in [6, 6.07) is 8.11. The van der Waals surface area contributed by atoms with Crippen LogP contribution in [-0.4, -0.2) is 20.4 Å². The molecule has 0 spiro atoms. The summed E-state index contributed by atoms with van der Waals surface area (Å²) in [5.41, 5.74) is 0. The van der Waals surface area contributed by atoms with Crippen molar-refractivity contribution < 1.29 is 25.2 Å². The molecule has 0 aliphatic rings. The number of benzene rings is 2. The molecule has 0 atom stereocenters. The first-order valence-electron chi connectivity index (χ1n) is 4.79. The molecule has 0 aliphatic heterocycles. The van der Waals surface area contributed by atoms with Crippen LogP contribution in [0.3, 0.4) is 0 Å². The standard InChI is InChI=1S/C12H10O5/c13-7-3-1-4-8(14)11(7)17-12-9(15)5-2-6-10(12)16/h1-6,13-16H. The Balaban J connectivity index is 2.45. The number of phenols is 4. The molecule has 0 amide bonds. The molecule has 0 fully saturated rings. The van der Waals surface area contributed by atoms with E-state index in [1.165, 1.54) is 36.4 Å². The number of rotatable bonds is 2. The van der Waals surface area contributed by atoms with Gasteiger partial charge in [-0.3, -0.25) is 0 Å². The molecule has 2 rings (SSSR count). The van der Waals surface area contributed by atoms with E-state index in [9.17, 15) is 20.4 Å². The topological polar surface area (TPSA) is 90.2 Å². The lowest BCUT2D eigenvalue weighted by atomic mass is 10.2. The summed E-state index contributed by atoms with van der Waals surface area (Å²) in [6.45, 7) is 0. The Kier molecular flexibility index (Phi) is 2.66. The van der Waals surface area contributed by atoms with Crippen molar-refractivity contribution in [2.24, 2.45) is 0 Å². The third-order valence-electron chi connectivity index (χ3n) is 2.15. The van der Waals surface area contributed by atoms with Gasteiger partial charge in [0.15, 0.2) is 23.0 Å². The van der Waals surface area contributed by atoms with Crippen LogP contribution >= 0.6 is 0 Å². The highest BCUT2D eigenvalue weighted by Crippen LogP contribution is 2.44. The van der Waals surface area contributed by atoms with E-state index < -0.39 is 0 Å². The van der Waals surface area contributed by atoms with Crippen LogP contribution in [0.25, 0.3) is 0 Å². The van der Waals surface area contributed by atoms with Crippen LogP contribution in [0.2, 0.25) is 0 Å². The van der Waals surface area contributed by atoms with Gasteiger partial charge >= 0.3 is 0 Å². The van der Waals surface area contributed by atoms with Crippen molar-refractivity contribution in [3.63, 3.8) is 0 Å².